The second kappa shape index (κ2) is 7.45. The zero-order chi connectivity index (χ0) is 18.7. The summed E-state index contributed by atoms with van der Waals surface area (Å²) in [6.45, 7) is 0. The second-order valence-corrected chi connectivity index (χ2v) is 5.95. The molecule has 1 amide bonds. The number of hydrogen-bond donors (Lipinski definition) is 1. The molecule has 0 heterocycles. The predicted octanol–water partition coefficient (Wildman–Crippen LogP) is 4.54. The lowest BCUT2D eigenvalue weighted by Gasteiger charge is -2.12. The molecule has 0 saturated carbocycles. The van der Waals surface area contributed by atoms with Gasteiger partial charge in [-0.15, -0.1) is 0 Å². The van der Waals surface area contributed by atoms with Crippen molar-refractivity contribution in [3.05, 3.63) is 70.7 Å². The summed E-state index contributed by atoms with van der Waals surface area (Å²) in [5.74, 6) is -0.460. The van der Waals surface area contributed by atoms with Gasteiger partial charge in [-0.2, -0.15) is 0 Å². The number of carbonyl (C=O) groups is 2. The highest BCUT2D eigenvalue weighted by Crippen LogP contribution is 2.29. The molecule has 6 heteroatoms. The Kier molecular flexibility index (Phi) is 5.09. The van der Waals surface area contributed by atoms with E-state index >= 15 is 0 Å². The standard InChI is InChI=1S/C20H16ClNO4/c1-25-18-11-13-6-4-3-5-12(13)9-15(18)19(23)22-17-10-14(20(24)26-2)7-8-16(17)21/h3-11H,1-2H3,(H,22,23). The highest BCUT2D eigenvalue weighted by molar-refractivity contribution is 6.34. The summed E-state index contributed by atoms with van der Waals surface area (Å²) in [6, 6.07) is 15.7. The van der Waals surface area contributed by atoms with Gasteiger partial charge in [0.25, 0.3) is 5.91 Å². The predicted molar refractivity (Wildman–Crippen MR) is 101 cm³/mol. The maximum Gasteiger partial charge on any atom is 0.337 e. The van der Waals surface area contributed by atoms with Crippen LogP contribution < -0.4 is 10.1 Å². The van der Waals surface area contributed by atoms with Gasteiger partial charge in [-0.05, 0) is 41.1 Å². The van der Waals surface area contributed by atoms with Gasteiger partial charge in [0.1, 0.15) is 5.75 Å². The molecule has 0 radical (unpaired) electrons. The summed E-state index contributed by atoms with van der Waals surface area (Å²) in [5, 5.41) is 4.91. The molecule has 132 valence electrons. The van der Waals surface area contributed by atoms with Crippen molar-refractivity contribution in [1.82, 2.24) is 0 Å². The molecule has 5 nitrogen and oxygen atoms in total. The molecule has 0 aliphatic carbocycles. The number of rotatable bonds is 4. The molecular weight excluding hydrogens is 354 g/mol. The van der Waals surface area contributed by atoms with Crippen molar-refractivity contribution in [1.29, 1.82) is 0 Å². The summed E-state index contributed by atoms with van der Waals surface area (Å²) in [6.07, 6.45) is 0. The fraction of sp³-hybridized carbons (Fsp3) is 0.100. The lowest BCUT2D eigenvalue weighted by atomic mass is 10.1. The average molecular weight is 370 g/mol. The number of ether oxygens (including phenoxy) is 2. The van der Waals surface area contributed by atoms with E-state index in [2.05, 4.69) is 5.32 Å². The molecule has 3 aromatic carbocycles. The number of halogens is 1. The van der Waals surface area contributed by atoms with Gasteiger partial charge in [-0.3, -0.25) is 4.79 Å². The van der Waals surface area contributed by atoms with Gasteiger partial charge < -0.3 is 14.8 Å². The molecule has 0 aliphatic rings. The first-order valence-corrected chi connectivity index (χ1v) is 8.17. The van der Waals surface area contributed by atoms with Crippen molar-refractivity contribution in [3.8, 4) is 5.75 Å². The molecule has 0 spiro atoms. The summed E-state index contributed by atoms with van der Waals surface area (Å²) in [4.78, 5) is 24.5. The first kappa shape index (κ1) is 17.8. The van der Waals surface area contributed by atoms with Crippen molar-refractivity contribution in [3.63, 3.8) is 0 Å². The third-order valence-electron chi connectivity index (χ3n) is 3.95. The Morgan fingerprint density at radius 2 is 1.65 bits per heavy atom. The number of esters is 1. The van der Waals surface area contributed by atoms with Gasteiger partial charge in [0.15, 0.2) is 0 Å². The Hall–Kier alpha value is -3.05. The largest absolute Gasteiger partial charge is 0.496 e. The SMILES string of the molecule is COC(=O)c1ccc(Cl)c(NC(=O)c2cc3ccccc3cc2OC)c1. The van der Waals surface area contributed by atoms with Gasteiger partial charge in [-0.25, -0.2) is 4.79 Å². The number of amides is 1. The first-order chi connectivity index (χ1) is 12.5. The molecule has 3 aromatic rings. The number of anilines is 1. The minimum atomic E-state index is -0.513. The van der Waals surface area contributed by atoms with Crippen LogP contribution in [0.4, 0.5) is 5.69 Å². The molecule has 0 bridgehead atoms. The molecule has 0 unspecified atom stereocenters. The van der Waals surface area contributed by atoms with E-state index in [0.29, 0.717) is 22.0 Å². The lowest BCUT2D eigenvalue weighted by Crippen LogP contribution is -2.14. The molecule has 1 N–H and O–H groups in total. The number of carbonyl (C=O) groups excluding carboxylic acids is 2. The highest BCUT2D eigenvalue weighted by atomic mass is 35.5. The number of benzene rings is 3. The fourth-order valence-electron chi connectivity index (χ4n) is 2.62. The summed E-state index contributed by atoms with van der Waals surface area (Å²) in [5.41, 5.74) is 0.971. The van der Waals surface area contributed by atoms with Crippen LogP contribution in [0.15, 0.2) is 54.6 Å². The number of nitrogens with one attached hydrogen (secondary N) is 1. The Labute approximate surface area is 155 Å². The minimum Gasteiger partial charge on any atom is -0.496 e. The van der Waals surface area contributed by atoms with E-state index in [1.807, 2.05) is 24.3 Å². The summed E-state index contributed by atoms with van der Waals surface area (Å²) >= 11 is 6.15. The zero-order valence-electron chi connectivity index (χ0n) is 14.2. The van der Waals surface area contributed by atoms with Crippen LogP contribution in [0, 0.1) is 0 Å². The van der Waals surface area contributed by atoms with Crippen LogP contribution in [0.3, 0.4) is 0 Å². The lowest BCUT2D eigenvalue weighted by molar-refractivity contribution is 0.0600. The van der Waals surface area contributed by atoms with E-state index < -0.39 is 11.9 Å². The van der Waals surface area contributed by atoms with Gasteiger partial charge in [0.05, 0.1) is 36.1 Å². The number of methoxy groups -OCH3 is 2. The van der Waals surface area contributed by atoms with Crippen LogP contribution in [-0.4, -0.2) is 26.1 Å². The van der Waals surface area contributed by atoms with E-state index in [1.54, 1.807) is 12.1 Å². The van der Waals surface area contributed by atoms with Crippen molar-refractivity contribution >= 4 is 39.9 Å². The summed E-state index contributed by atoms with van der Waals surface area (Å²) < 4.78 is 10.0. The monoisotopic (exact) mass is 369 g/mol. The molecule has 0 atom stereocenters. The van der Waals surface area contributed by atoms with Gasteiger partial charge >= 0.3 is 5.97 Å². The fourth-order valence-corrected chi connectivity index (χ4v) is 2.79. The van der Waals surface area contributed by atoms with E-state index in [4.69, 9.17) is 21.1 Å². The van der Waals surface area contributed by atoms with Crippen molar-refractivity contribution < 1.29 is 19.1 Å². The van der Waals surface area contributed by atoms with Gasteiger partial charge in [-0.1, -0.05) is 35.9 Å². The zero-order valence-corrected chi connectivity index (χ0v) is 15.0. The van der Waals surface area contributed by atoms with Crippen LogP contribution in [0.5, 0.6) is 5.75 Å². The van der Waals surface area contributed by atoms with E-state index in [9.17, 15) is 9.59 Å². The van der Waals surface area contributed by atoms with Crippen molar-refractivity contribution in [2.45, 2.75) is 0 Å². The van der Waals surface area contributed by atoms with Gasteiger partial charge in [0, 0.05) is 0 Å². The number of hydrogen-bond acceptors (Lipinski definition) is 4. The normalized spacial score (nSPS) is 10.4. The van der Waals surface area contributed by atoms with Gasteiger partial charge in [0.2, 0.25) is 0 Å². The second-order valence-electron chi connectivity index (χ2n) is 5.54. The highest BCUT2D eigenvalue weighted by Gasteiger charge is 2.16. The molecule has 0 aliphatic heterocycles. The third kappa shape index (κ3) is 3.48. The van der Waals surface area contributed by atoms with Crippen molar-refractivity contribution in [2.24, 2.45) is 0 Å². The summed E-state index contributed by atoms with van der Waals surface area (Å²) in [7, 11) is 2.79. The smallest absolute Gasteiger partial charge is 0.337 e. The Balaban J connectivity index is 1.98. The molecule has 0 fully saturated rings. The van der Waals surface area contributed by atoms with E-state index in [1.165, 1.54) is 32.4 Å². The van der Waals surface area contributed by atoms with Crippen LogP contribution in [-0.2, 0) is 4.74 Å². The molecular formula is C20H16ClNO4. The Morgan fingerprint density at radius 1 is 0.962 bits per heavy atom. The average Bonchev–Trinajstić information content (AvgIpc) is 2.67. The van der Waals surface area contributed by atoms with Crippen LogP contribution in [0.1, 0.15) is 20.7 Å². The Morgan fingerprint density at radius 3 is 2.31 bits per heavy atom. The minimum absolute atomic E-state index is 0.290. The first-order valence-electron chi connectivity index (χ1n) is 7.79. The maximum atomic E-state index is 12.8. The van der Waals surface area contributed by atoms with E-state index in [0.717, 1.165) is 10.8 Å². The molecule has 0 aromatic heterocycles. The topological polar surface area (TPSA) is 64.6 Å². The molecule has 3 rings (SSSR count). The molecule has 0 saturated heterocycles. The maximum absolute atomic E-state index is 12.8. The van der Waals surface area contributed by atoms with E-state index in [-0.39, 0.29) is 5.56 Å². The third-order valence-corrected chi connectivity index (χ3v) is 4.28. The van der Waals surface area contributed by atoms with Crippen LogP contribution >= 0.6 is 11.6 Å². The van der Waals surface area contributed by atoms with Crippen LogP contribution in [0.2, 0.25) is 5.02 Å². The van der Waals surface area contributed by atoms with Crippen LogP contribution in [0.25, 0.3) is 10.8 Å². The van der Waals surface area contributed by atoms with Crippen molar-refractivity contribution in [2.75, 3.05) is 19.5 Å². The Bertz CT molecular complexity index is 1000. The molecule has 26 heavy (non-hydrogen) atoms. The quantitative estimate of drug-likeness (QED) is 0.686. The number of fused-ring (bicyclic) bond motifs is 1.